The Morgan fingerprint density at radius 3 is 2.93 bits per heavy atom. The van der Waals surface area contributed by atoms with E-state index in [2.05, 4.69) is 10.00 Å². The number of carbonyl (C=O) groups excluding carboxylic acids is 1. The lowest BCUT2D eigenvalue weighted by Gasteiger charge is -2.30. The molecule has 0 unspecified atom stereocenters. The zero-order chi connectivity index (χ0) is 19.5. The van der Waals surface area contributed by atoms with Gasteiger partial charge in [0.15, 0.2) is 11.5 Å². The van der Waals surface area contributed by atoms with Crippen LogP contribution >= 0.6 is 0 Å². The SMILES string of the molecule is CCOC(=O)c1cnn(-c2ccc3c(c2)OCCO3)c1CN1CCC[C@H](O)C1. The predicted molar refractivity (Wildman–Crippen MR) is 101 cm³/mol. The minimum atomic E-state index is -0.390. The number of fused-ring (bicyclic) bond motifs is 1. The maximum Gasteiger partial charge on any atom is 0.341 e. The molecule has 1 aromatic carbocycles. The topological polar surface area (TPSA) is 86.0 Å². The van der Waals surface area contributed by atoms with Gasteiger partial charge in [0.1, 0.15) is 18.8 Å². The molecule has 1 saturated heterocycles. The summed E-state index contributed by atoms with van der Waals surface area (Å²) < 4.78 is 18.2. The third-order valence-corrected chi connectivity index (χ3v) is 4.99. The summed E-state index contributed by atoms with van der Waals surface area (Å²) in [4.78, 5) is 14.6. The maximum absolute atomic E-state index is 12.5. The third kappa shape index (κ3) is 3.83. The van der Waals surface area contributed by atoms with Crippen LogP contribution in [0.1, 0.15) is 35.8 Å². The highest BCUT2D eigenvalue weighted by Crippen LogP contribution is 2.32. The summed E-state index contributed by atoms with van der Waals surface area (Å²) in [5, 5.41) is 14.5. The fourth-order valence-electron chi connectivity index (χ4n) is 3.68. The number of aromatic nitrogens is 2. The summed E-state index contributed by atoms with van der Waals surface area (Å²) in [5.74, 6) is 0.976. The molecule has 1 fully saturated rings. The molecule has 2 aliphatic heterocycles. The lowest BCUT2D eigenvalue weighted by molar-refractivity contribution is 0.0517. The maximum atomic E-state index is 12.5. The molecule has 8 heteroatoms. The van der Waals surface area contributed by atoms with E-state index >= 15 is 0 Å². The number of esters is 1. The molecule has 2 aliphatic rings. The Balaban J connectivity index is 1.69. The third-order valence-electron chi connectivity index (χ3n) is 4.99. The second kappa shape index (κ2) is 8.20. The molecule has 1 N–H and O–H groups in total. The normalized spacial score (nSPS) is 19.4. The Morgan fingerprint density at radius 2 is 2.14 bits per heavy atom. The zero-order valence-corrected chi connectivity index (χ0v) is 16.0. The quantitative estimate of drug-likeness (QED) is 0.783. The number of ether oxygens (including phenoxy) is 3. The van der Waals surface area contributed by atoms with Gasteiger partial charge in [-0.1, -0.05) is 0 Å². The average molecular weight is 387 g/mol. The van der Waals surface area contributed by atoms with Gasteiger partial charge in [-0.15, -0.1) is 0 Å². The Morgan fingerprint density at radius 1 is 1.32 bits per heavy atom. The largest absolute Gasteiger partial charge is 0.486 e. The molecule has 0 bridgehead atoms. The fraction of sp³-hybridized carbons (Fsp3) is 0.500. The molecular formula is C20H25N3O5. The number of benzene rings is 1. The van der Waals surface area contributed by atoms with Gasteiger partial charge in [0.05, 0.1) is 30.3 Å². The predicted octanol–water partition coefficient (Wildman–Crippen LogP) is 1.78. The molecule has 150 valence electrons. The summed E-state index contributed by atoms with van der Waals surface area (Å²) in [7, 11) is 0. The van der Waals surface area contributed by atoms with E-state index in [1.54, 1.807) is 17.8 Å². The van der Waals surface area contributed by atoms with Crippen LogP contribution in [0.25, 0.3) is 5.69 Å². The number of likely N-dealkylation sites (tertiary alicyclic amines) is 1. The lowest BCUT2D eigenvalue weighted by atomic mass is 10.1. The van der Waals surface area contributed by atoms with Crippen LogP contribution in [0.2, 0.25) is 0 Å². The highest BCUT2D eigenvalue weighted by Gasteiger charge is 2.25. The summed E-state index contributed by atoms with van der Waals surface area (Å²) in [5.41, 5.74) is 1.97. The fourth-order valence-corrected chi connectivity index (χ4v) is 3.68. The molecule has 0 saturated carbocycles. The molecule has 0 amide bonds. The molecule has 3 heterocycles. The molecule has 28 heavy (non-hydrogen) atoms. The average Bonchev–Trinajstić information content (AvgIpc) is 3.11. The number of carbonyl (C=O) groups is 1. The molecule has 8 nitrogen and oxygen atoms in total. The number of hydrogen-bond acceptors (Lipinski definition) is 7. The molecule has 4 rings (SSSR count). The van der Waals surface area contributed by atoms with Crippen LogP contribution in [-0.4, -0.2) is 64.8 Å². The number of piperidine rings is 1. The van der Waals surface area contributed by atoms with E-state index in [-0.39, 0.29) is 12.1 Å². The number of hydrogen-bond donors (Lipinski definition) is 1. The second-order valence-corrected chi connectivity index (χ2v) is 7.00. The first kappa shape index (κ1) is 18.8. The molecular weight excluding hydrogens is 362 g/mol. The standard InChI is InChI=1S/C20H25N3O5/c1-2-26-20(25)16-11-21-23(17(16)13-22-7-3-4-15(24)12-22)14-5-6-18-19(10-14)28-9-8-27-18/h5-6,10-11,15,24H,2-4,7-9,12-13H2,1H3/t15-/m0/s1. The van der Waals surface area contributed by atoms with Crippen LogP contribution in [0.3, 0.4) is 0 Å². The minimum Gasteiger partial charge on any atom is -0.486 e. The molecule has 0 spiro atoms. The van der Waals surface area contributed by atoms with Crippen molar-refractivity contribution in [3.63, 3.8) is 0 Å². The Hall–Kier alpha value is -2.58. The minimum absolute atomic E-state index is 0.301. The summed E-state index contributed by atoms with van der Waals surface area (Å²) >= 11 is 0. The van der Waals surface area contributed by atoms with Gasteiger partial charge in [-0.3, -0.25) is 4.90 Å². The van der Waals surface area contributed by atoms with Crippen LogP contribution in [0.5, 0.6) is 11.5 Å². The first-order valence-corrected chi connectivity index (χ1v) is 9.70. The van der Waals surface area contributed by atoms with E-state index in [4.69, 9.17) is 14.2 Å². The van der Waals surface area contributed by atoms with Gasteiger partial charge in [-0.2, -0.15) is 5.10 Å². The van der Waals surface area contributed by atoms with Crippen LogP contribution in [0, 0.1) is 0 Å². The van der Waals surface area contributed by atoms with E-state index in [9.17, 15) is 9.90 Å². The highest BCUT2D eigenvalue weighted by molar-refractivity contribution is 5.90. The molecule has 1 atom stereocenters. The van der Waals surface area contributed by atoms with Gasteiger partial charge < -0.3 is 19.3 Å². The van der Waals surface area contributed by atoms with E-state index in [1.807, 2.05) is 18.2 Å². The summed E-state index contributed by atoms with van der Waals surface area (Å²) in [6, 6.07) is 5.61. The van der Waals surface area contributed by atoms with Crippen LogP contribution in [-0.2, 0) is 11.3 Å². The number of aliphatic hydroxyl groups excluding tert-OH is 1. The Bertz CT molecular complexity index is 850. The van der Waals surface area contributed by atoms with E-state index in [0.29, 0.717) is 50.0 Å². The van der Waals surface area contributed by atoms with Gasteiger partial charge >= 0.3 is 5.97 Å². The number of β-amino-alcohol motifs (C(OH)–C–C–N with tert-alkyl or cyclic N) is 1. The zero-order valence-electron chi connectivity index (χ0n) is 16.0. The highest BCUT2D eigenvalue weighted by atomic mass is 16.6. The Labute approximate surface area is 163 Å². The van der Waals surface area contributed by atoms with Crippen molar-refractivity contribution in [2.75, 3.05) is 32.9 Å². The van der Waals surface area contributed by atoms with Crippen LogP contribution < -0.4 is 9.47 Å². The molecule has 2 aromatic rings. The van der Waals surface area contributed by atoms with Gasteiger partial charge in [0, 0.05) is 19.2 Å². The van der Waals surface area contributed by atoms with Crippen molar-refractivity contribution in [1.82, 2.24) is 14.7 Å². The summed E-state index contributed by atoms with van der Waals surface area (Å²) in [6.45, 7) is 5.06. The van der Waals surface area contributed by atoms with Gasteiger partial charge in [0.2, 0.25) is 0 Å². The first-order valence-electron chi connectivity index (χ1n) is 9.70. The van der Waals surface area contributed by atoms with E-state index in [1.165, 1.54) is 0 Å². The van der Waals surface area contributed by atoms with E-state index in [0.717, 1.165) is 30.8 Å². The lowest BCUT2D eigenvalue weighted by Crippen LogP contribution is -2.38. The number of rotatable bonds is 5. The van der Waals surface area contributed by atoms with Crippen molar-refractivity contribution < 1.29 is 24.1 Å². The summed E-state index contributed by atoms with van der Waals surface area (Å²) in [6.07, 6.45) is 2.94. The number of aliphatic hydroxyl groups is 1. The number of nitrogens with zero attached hydrogens (tertiary/aromatic N) is 3. The van der Waals surface area contributed by atoms with Gasteiger partial charge in [-0.05, 0) is 38.4 Å². The Kier molecular flexibility index (Phi) is 5.50. The van der Waals surface area contributed by atoms with Crippen molar-refractivity contribution in [3.8, 4) is 17.2 Å². The molecule has 1 aromatic heterocycles. The smallest absolute Gasteiger partial charge is 0.341 e. The monoisotopic (exact) mass is 387 g/mol. The van der Waals surface area contributed by atoms with Crippen molar-refractivity contribution >= 4 is 5.97 Å². The van der Waals surface area contributed by atoms with Crippen molar-refractivity contribution in [2.45, 2.75) is 32.4 Å². The van der Waals surface area contributed by atoms with Gasteiger partial charge in [-0.25, -0.2) is 9.48 Å². The van der Waals surface area contributed by atoms with Crippen molar-refractivity contribution in [3.05, 3.63) is 35.7 Å². The second-order valence-electron chi connectivity index (χ2n) is 7.00. The van der Waals surface area contributed by atoms with Crippen LogP contribution in [0.15, 0.2) is 24.4 Å². The van der Waals surface area contributed by atoms with Crippen LogP contribution in [0.4, 0.5) is 0 Å². The molecule has 0 radical (unpaired) electrons. The van der Waals surface area contributed by atoms with Crippen molar-refractivity contribution in [1.29, 1.82) is 0 Å². The molecule has 0 aliphatic carbocycles. The van der Waals surface area contributed by atoms with E-state index < -0.39 is 0 Å². The van der Waals surface area contributed by atoms with Crippen molar-refractivity contribution in [2.24, 2.45) is 0 Å². The van der Waals surface area contributed by atoms with Gasteiger partial charge in [0.25, 0.3) is 0 Å². The first-order chi connectivity index (χ1) is 13.7.